The minimum Gasteiger partial charge on any atom is -0.307 e. The Morgan fingerprint density at radius 3 is 2.66 bits per heavy atom. The van der Waals surface area contributed by atoms with Gasteiger partial charge in [-0.1, -0.05) is 36.0 Å². The number of aromatic nitrogens is 2. The van der Waals surface area contributed by atoms with Crippen LogP contribution in [0, 0.1) is 19.7 Å². The highest BCUT2D eigenvalue weighted by Gasteiger charge is 2.16. The Kier molecular flexibility index (Phi) is 6.48. The van der Waals surface area contributed by atoms with Gasteiger partial charge in [0.25, 0.3) is 0 Å². The fraction of sp³-hybridized carbons (Fsp3) is 0.130. The molecule has 0 spiro atoms. The second-order valence-corrected chi connectivity index (χ2v) is 8.88. The van der Waals surface area contributed by atoms with E-state index < -0.39 is 11.9 Å². The number of halogens is 1. The van der Waals surface area contributed by atoms with Crippen LogP contribution < -0.4 is 10.6 Å². The summed E-state index contributed by atoms with van der Waals surface area (Å²) in [4.78, 5) is 34.0. The molecule has 6 nitrogen and oxygen atoms in total. The third-order valence-corrected chi connectivity index (χ3v) is 6.81. The number of carbonyl (C=O) groups excluding carboxylic acids is 2. The van der Waals surface area contributed by atoms with Gasteiger partial charge in [0.05, 0.1) is 11.1 Å². The van der Waals surface area contributed by atoms with E-state index in [4.69, 9.17) is 0 Å². The number of hydrogen-bond acceptors (Lipinski definition) is 6. The van der Waals surface area contributed by atoms with Crippen molar-refractivity contribution in [2.45, 2.75) is 18.9 Å². The number of anilines is 1. The standard InChI is InChI=1S/C23H19FN4O2S2/c1-13-4-3-5-18(14(13)2)27-23(30)28-19(29)11-32-22-20-17(10-31-21(20)25-12-26-22)15-6-8-16(24)9-7-15/h3-10,12H,11H2,1-2H3,(H2,27,28,29,30). The quantitative estimate of drug-likeness (QED) is 0.297. The van der Waals surface area contributed by atoms with Crippen molar-refractivity contribution in [2.24, 2.45) is 0 Å². The molecule has 2 heterocycles. The van der Waals surface area contributed by atoms with Gasteiger partial charge in [-0.3, -0.25) is 10.1 Å². The number of amides is 3. The van der Waals surface area contributed by atoms with Crippen molar-refractivity contribution >= 4 is 50.9 Å². The number of thiophene rings is 1. The Balaban J connectivity index is 1.45. The zero-order valence-corrected chi connectivity index (χ0v) is 18.9. The van der Waals surface area contributed by atoms with E-state index in [0.717, 1.165) is 32.5 Å². The predicted molar refractivity (Wildman–Crippen MR) is 127 cm³/mol. The predicted octanol–water partition coefficient (Wildman–Crippen LogP) is 5.55. The molecule has 2 aromatic carbocycles. The van der Waals surface area contributed by atoms with E-state index in [0.29, 0.717) is 10.7 Å². The molecule has 32 heavy (non-hydrogen) atoms. The molecule has 0 aliphatic heterocycles. The van der Waals surface area contributed by atoms with E-state index in [1.807, 2.05) is 31.4 Å². The zero-order valence-electron chi connectivity index (χ0n) is 17.3. The van der Waals surface area contributed by atoms with E-state index in [9.17, 15) is 14.0 Å². The van der Waals surface area contributed by atoms with Crippen LogP contribution in [-0.4, -0.2) is 27.7 Å². The number of benzene rings is 2. The first-order valence-corrected chi connectivity index (χ1v) is 11.6. The maximum absolute atomic E-state index is 13.3. The average molecular weight is 467 g/mol. The Labute approximate surface area is 192 Å². The third kappa shape index (κ3) is 4.79. The average Bonchev–Trinajstić information content (AvgIpc) is 3.21. The maximum atomic E-state index is 13.3. The lowest BCUT2D eigenvalue weighted by Crippen LogP contribution is -2.35. The van der Waals surface area contributed by atoms with Crippen LogP contribution in [0.2, 0.25) is 0 Å². The largest absolute Gasteiger partial charge is 0.325 e. The summed E-state index contributed by atoms with van der Waals surface area (Å²) < 4.78 is 13.3. The number of fused-ring (bicyclic) bond motifs is 1. The molecule has 0 radical (unpaired) electrons. The number of rotatable bonds is 5. The molecule has 0 atom stereocenters. The van der Waals surface area contributed by atoms with Gasteiger partial charge in [0.1, 0.15) is 22.0 Å². The Morgan fingerprint density at radius 2 is 1.88 bits per heavy atom. The molecule has 162 valence electrons. The Hall–Kier alpha value is -3.30. The zero-order chi connectivity index (χ0) is 22.7. The van der Waals surface area contributed by atoms with Crippen LogP contribution in [0.25, 0.3) is 21.3 Å². The van der Waals surface area contributed by atoms with E-state index in [-0.39, 0.29) is 11.6 Å². The molecule has 9 heteroatoms. The van der Waals surface area contributed by atoms with Crippen LogP contribution in [0.5, 0.6) is 0 Å². The molecule has 4 rings (SSSR count). The van der Waals surface area contributed by atoms with Crippen molar-refractivity contribution in [1.82, 2.24) is 15.3 Å². The summed E-state index contributed by atoms with van der Waals surface area (Å²) in [6.45, 7) is 3.86. The Bertz CT molecular complexity index is 1310. The number of thioether (sulfide) groups is 1. The molecule has 0 saturated carbocycles. The fourth-order valence-electron chi connectivity index (χ4n) is 3.14. The normalized spacial score (nSPS) is 10.8. The maximum Gasteiger partial charge on any atom is 0.325 e. The van der Waals surface area contributed by atoms with Gasteiger partial charge in [0.2, 0.25) is 5.91 Å². The molecular formula is C23H19FN4O2S2. The van der Waals surface area contributed by atoms with Crippen molar-refractivity contribution < 1.29 is 14.0 Å². The van der Waals surface area contributed by atoms with Gasteiger partial charge in [-0.15, -0.1) is 11.3 Å². The molecule has 3 amide bonds. The van der Waals surface area contributed by atoms with Crippen LogP contribution in [0.3, 0.4) is 0 Å². The molecule has 0 aliphatic carbocycles. The van der Waals surface area contributed by atoms with Gasteiger partial charge in [-0.25, -0.2) is 19.2 Å². The highest BCUT2D eigenvalue weighted by atomic mass is 32.2. The summed E-state index contributed by atoms with van der Waals surface area (Å²) >= 11 is 2.67. The lowest BCUT2D eigenvalue weighted by molar-refractivity contribution is -0.117. The van der Waals surface area contributed by atoms with E-state index >= 15 is 0 Å². The van der Waals surface area contributed by atoms with Gasteiger partial charge in [-0.05, 0) is 48.7 Å². The van der Waals surface area contributed by atoms with Crippen molar-refractivity contribution in [2.75, 3.05) is 11.1 Å². The number of nitrogens with zero attached hydrogens (tertiary/aromatic N) is 2. The Morgan fingerprint density at radius 1 is 1.09 bits per heavy atom. The van der Waals surface area contributed by atoms with E-state index in [1.54, 1.807) is 18.2 Å². The molecule has 2 aromatic heterocycles. The number of urea groups is 1. The molecule has 0 saturated heterocycles. The monoisotopic (exact) mass is 466 g/mol. The summed E-state index contributed by atoms with van der Waals surface area (Å²) in [5, 5.41) is 8.43. The summed E-state index contributed by atoms with van der Waals surface area (Å²) in [6, 6.07) is 11.2. The van der Waals surface area contributed by atoms with Crippen molar-refractivity contribution in [3.05, 3.63) is 71.1 Å². The first kappa shape index (κ1) is 21.9. The van der Waals surface area contributed by atoms with Crippen molar-refractivity contribution in [3.63, 3.8) is 0 Å². The van der Waals surface area contributed by atoms with Gasteiger partial charge < -0.3 is 5.32 Å². The summed E-state index contributed by atoms with van der Waals surface area (Å²) in [6.07, 6.45) is 1.45. The first-order chi connectivity index (χ1) is 15.4. The lowest BCUT2D eigenvalue weighted by atomic mass is 10.1. The molecular weight excluding hydrogens is 447 g/mol. The third-order valence-electron chi connectivity index (χ3n) is 4.94. The van der Waals surface area contributed by atoms with E-state index in [2.05, 4.69) is 20.6 Å². The van der Waals surface area contributed by atoms with Gasteiger partial charge in [0.15, 0.2) is 0 Å². The van der Waals surface area contributed by atoms with Crippen molar-refractivity contribution in [3.8, 4) is 11.1 Å². The van der Waals surface area contributed by atoms with E-state index in [1.165, 1.54) is 41.6 Å². The summed E-state index contributed by atoms with van der Waals surface area (Å²) in [5.74, 6) is -0.747. The minimum absolute atomic E-state index is 0.00500. The van der Waals surface area contributed by atoms with Crippen LogP contribution in [0.4, 0.5) is 14.9 Å². The molecule has 2 N–H and O–H groups in total. The number of carbonyl (C=O) groups is 2. The SMILES string of the molecule is Cc1cccc(NC(=O)NC(=O)CSc2ncnc3scc(-c4ccc(F)cc4)c23)c1C. The summed E-state index contributed by atoms with van der Waals surface area (Å²) in [7, 11) is 0. The lowest BCUT2D eigenvalue weighted by Gasteiger charge is -2.11. The first-order valence-electron chi connectivity index (χ1n) is 9.70. The number of nitrogens with one attached hydrogen (secondary N) is 2. The number of hydrogen-bond donors (Lipinski definition) is 2. The second-order valence-electron chi connectivity index (χ2n) is 7.05. The minimum atomic E-state index is -0.584. The highest BCUT2D eigenvalue weighted by molar-refractivity contribution is 8.00. The summed E-state index contributed by atoms with van der Waals surface area (Å²) in [5.41, 5.74) is 4.36. The topological polar surface area (TPSA) is 84.0 Å². The fourth-order valence-corrected chi connectivity index (χ4v) is 4.93. The molecule has 0 bridgehead atoms. The van der Waals surface area contributed by atoms with Gasteiger partial charge in [-0.2, -0.15) is 0 Å². The molecule has 0 unspecified atom stereocenters. The molecule has 0 aliphatic rings. The van der Waals surface area contributed by atoms with Gasteiger partial charge in [0, 0.05) is 16.6 Å². The van der Waals surface area contributed by atoms with Crippen LogP contribution >= 0.6 is 23.1 Å². The van der Waals surface area contributed by atoms with Crippen LogP contribution in [-0.2, 0) is 4.79 Å². The molecule has 4 aromatic rings. The molecule has 0 fully saturated rings. The second kappa shape index (κ2) is 9.46. The van der Waals surface area contributed by atoms with Crippen LogP contribution in [0.15, 0.2) is 59.2 Å². The van der Waals surface area contributed by atoms with Gasteiger partial charge >= 0.3 is 6.03 Å². The number of aryl methyl sites for hydroxylation is 1. The number of imide groups is 1. The van der Waals surface area contributed by atoms with Crippen LogP contribution in [0.1, 0.15) is 11.1 Å². The smallest absolute Gasteiger partial charge is 0.307 e. The van der Waals surface area contributed by atoms with Crippen molar-refractivity contribution in [1.29, 1.82) is 0 Å². The highest BCUT2D eigenvalue weighted by Crippen LogP contribution is 2.37.